The van der Waals surface area contributed by atoms with Crippen LogP contribution in [0.4, 0.5) is 5.95 Å². The summed E-state index contributed by atoms with van der Waals surface area (Å²) in [6.07, 6.45) is 3.29. The van der Waals surface area contributed by atoms with Gasteiger partial charge in [0.15, 0.2) is 5.65 Å². The Morgan fingerprint density at radius 2 is 2.27 bits per heavy atom. The predicted octanol–water partition coefficient (Wildman–Crippen LogP) is -0.0545. The predicted molar refractivity (Wildman–Crippen MR) is 40.7 cm³/mol. The van der Waals surface area contributed by atoms with Crippen molar-refractivity contribution in [3.63, 3.8) is 0 Å². The first-order chi connectivity index (χ1) is 5.27. The zero-order valence-corrected chi connectivity index (χ0v) is 6.02. The first-order valence-electron chi connectivity index (χ1n) is 3.17. The van der Waals surface area contributed by atoms with E-state index in [9.17, 15) is 0 Å². The SMILES string of the molecule is Cn1cnc2cnc(N)nc21. The van der Waals surface area contributed by atoms with Gasteiger partial charge in [0.25, 0.3) is 0 Å². The molecule has 2 heterocycles. The van der Waals surface area contributed by atoms with Crippen molar-refractivity contribution in [1.82, 2.24) is 19.5 Å². The van der Waals surface area contributed by atoms with E-state index in [0.29, 0.717) is 0 Å². The van der Waals surface area contributed by atoms with Crippen molar-refractivity contribution in [3.05, 3.63) is 12.5 Å². The number of imidazole rings is 1. The number of anilines is 1. The Kier molecular flexibility index (Phi) is 1.06. The maximum atomic E-state index is 5.39. The van der Waals surface area contributed by atoms with Gasteiger partial charge >= 0.3 is 0 Å². The number of hydrogen-bond donors (Lipinski definition) is 1. The Hall–Kier alpha value is -1.65. The van der Waals surface area contributed by atoms with Crippen LogP contribution in [0.3, 0.4) is 0 Å². The number of nitrogens with two attached hydrogens (primary N) is 1. The van der Waals surface area contributed by atoms with E-state index in [-0.39, 0.29) is 5.95 Å². The summed E-state index contributed by atoms with van der Waals surface area (Å²) in [4.78, 5) is 11.9. The summed E-state index contributed by atoms with van der Waals surface area (Å²) in [5.41, 5.74) is 6.92. The summed E-state index contributed by atoms with van der Waals surface area (Å²) in [7, 11) is 1.86. The highest BCUT2D eigenvalue weighted by atomic mass is 15.1. The van der Waals surface area contributed by atoms with Gasteiger partial charge in [-0.1, -0.05) is 0 Å². The van der Waals surface area contributed by atoms with Gasteiger partial charge in [0.05, 0.1) is 12.5 Å². The molecule has 0 aliphatic heterocycles. The van der Waals surface area contributed by atoms with Crippen LogP contribution in [0, 0.1) is 0 Å². The number of fused-ring (bicyclic) bond motifs is 1. The largest absolute Gasteiger partial charge is 0.368 e. The zero-order valence-electron chi connectivity index (χ0n) is 6.02. The third-order valence-electron chi connectivity index (χ3n) is 1.47. The van der Waals surface area contributed by atoms with Crippen LogP contribution in [0.15, 0.2) is 12.5 Å². The van der Waals surface area contributed by atoms with E-state index < -0.39 is 0 Å². The average Bonchev–Trinajstić information content (AvgIpc) is 2.33. The average molecular weight is 149 g/mol. The zero-order chi connectivity index (χ0) is 7.84. The second kappa shape index (κ2) is 1.91. The van der Waals surface area contributed by atoms with Crippen LogP contribution in [0.1, 0.15) is 0 Å². The molecular weight excluding hydrogens is 142 g/mol. The molecule has 0 bridgehead atoms. The highest BCUT2D eigenvalue weighted by molar-refractivity contribution is 5.70. The molecule has 0 atom stereocenters. The fourth-order valence-corrected chi connectivity index (χ4v) is 0.934. The molecule has 5 heteroatoms. The lowest BCUT2D eigenvalue weighted by Crippen LogP contribution is -1.96. The van der Waals surface area contributed by atoms with Gasteiger partial charge in [-0.25, -0.2) is 9.97 Å². The number of rotatable bonds is 0. The van der Waals surface area contributed by atoms with Gasteiger partial charge in [0, 0.05) is 7.05 Å². The van der Waals surface area contributed by atoms with E-state index in [1.54, 1.807) is 17.1 Å². The first-order valence-corrected chi connectivity index (χ1v) is 3.17. The van der Waals surface area contributed by atoms with E-state index in [4.69, 9.17) is 5.73 Å². The lowest BCUT2D eigenvalue weighted by atomic mass is 10.5. The molecule has 0 amide bonds. The molecule has 0 aliphatic carbocycles. The molecule has 2 aromatic rings. The topological polar surface area (TPSA) is 69.6 Å². The van der Waals surface area contributed by atoms with Crippen molar-refractivity contribution < 1.29 is 0 Å². The van der Waals surface area contributed by atoms with Crippen molar-refractivity contribution in [2.45, 2.75) is 0 Å². The third-order valence-corrected chi connectivity index (χ3v) is 1.47. The smallest absolute Gasteiger partial charge is 0.222 e. The van der Waals surface area contributed by atoms with Gasteiger partial charge < -0.3 is 10.3 Å². The van der Waals surface area contributed by atoms with Crippen LogP contribution >= 0.6 is 0 Å². The molecule has 0 saturated heterocycles. The van der Waals surface area contributed by atoms with E-state index in [1.165, 1.54) is 0 Å². The molecule has 2 N–H and O–H groups in total. The van der Waals surface area contributed by atoms with Gasteiger partial charge in [-0.3, -0.25) is 0 Å². The quantitative estimate of drug-likeness (QED) is 0.570. The third kappa shape index (κ3) is 0.813. The van der Waals surface area contributed by atoms with Crippen molar-refractivity contribution in [3.8, 4) is 0 Å². The summed E-state index contributed by atoms with van der Waals surface area (Å²) < 4.78 is 1.80. The normalized spacial score (nSPS) is 10.6. The molecule has 2 rings (SSSR count). The van der Waals surface area contributed by atoms with Crippen LogP contribution in [0.2, 0.25) is 0 Å². The standard InChI is InChI=1S/C6H7N5/c1-11-3-9-4-2-8-6(7)10-5(4)11/h2-3H,1H3,(H2,7,8,10). The molecular formula is C6H7N5. The molecule has 0 aliphatic rings. The summed E-state index contributed by atoms with van der Waals surface area (Å²) in [6.45, 7) is 0. The molecule has 0 saturated carbocycles. The van der Waals surface area contributed by atoms with Crippen LogP contribution in [0.25, 0.3) is 11.2 Å². The van der Waals surface area contributed by atoms with Crippen molar-refractivity contribution in [2.24, 2.45) is 7.05 Å². The highest BCUT2D eigenvalue weighted by Crippen LogP contribution is 2.06. The number of aryl methyl sites for hydroxylation is 1. The van der Waals surface area contributed by atoms with Crippen LogP contribution in [-0.2, 0) is 7.05 Å². The Balaban J connectivity index is 2.87. The van der Waals surface area contributed by atoms with Crippen molar-refractivity contribution in [2.75, 3.05) is 5.73 Å². The molecule has 0 spiro atoms. The van der Waals surface area contributed by atoms with Gasteiger partial charge in [0.1, 0.15) is 5.52 Å². The first kappa shape index (κ1) is 6.09. The van der Waals surface area contributed by atoms with E-state index in [2.05, 4.69) is 15.0 Å². The number of nitrogens with zero attached hydrogens (tertiary/aromatic N) is 4. The summed E-state index contributed by atoms with van der Waals surface area (Å²) >= 11 is 0. The minimum atomic E-state index is 0.279. The van der Waals surface area contributed by atoms with E-state index in [1.807, 2.05) is 7.05 Å². The van der Waals surface area contributed by atoms with Crippen LogP contribution in [0.5, 0.6) is 0 Å². The molecule has 56 valence electrons. The summed E-state index contributed by atoms with van der Waals surface area (Å²) in [6, 6.07) is 0. The van der Waals surface area contributed by atoms with Gasteiger partial charge in [-0.2, -0.15) is 4.98 Å². The second-order valence-corrected chi connectivity index (χ2v) is 2.29. The molecule has 11 heavy (non-hydrogen) atoms. The van der Waals surface area contributed by atoms with E-state index in [0.717, 1.165) is 11.2 Å². The maximum absolute atomic E-state index is 5.39. The number of nitrogen functional groups attached to an aromatic ring is 1. The molecule has 0 aromatic carbocycles. The Morgan fingerprint density at radius 3 is 3.09 bits per heavy atom. The summed E-state index contributed by atoms with van der Waals surface area (Å²) in [5.74, 6) is 0.279. The maximum Gasteiger partial charge on any atom is 0.222 e. The van der Waals surface area contributed by atoms with Crippen LogP contribution < -0.4 is 5.73 Å². The molecule has 5 nitrogen and oxygen atoms in total. The van der Waals surface area contributed by atoms with Gasteiger partial charge in [-0.15, -0.1) is 0 Å². The Morgan fingerprint density at radius 1 is 1.45 bits per heavy atom. The molecule has 0 radical (unpaired) electrons. The minimum absolute atomic E-state index is 0.279. The second-order valence-electron chi connectivity index (χ2n) is 2.29. The van der Waals surface area contributed by atoms with Gasteiger partial charge in [-0.05, 0) is 0 Å². The van der Waals surface area contributed by atoms with Crippen molar-refractivity contribution >= 4 is 17.1 Å². The molecule has 0 unspecified atom stereocenters. The number of hydrogen-bond acceptors (Lipinski definition) is 4. The monoisotopic (exact) mass is 149 g/mol. The molecule has 0 fully saturated rings. The highest BCUT2D eigenvalue weighted by Gasteiger charge is 2.00. The fraction of sp³-hybridized carbons (Fsp3) is 0.167. The van der Waals surface area contributed by atoms with Gasteiger partial charge in [0.2, 0.25) is 5.95 Å². The van der Waals surface area contributed by atoms with E-state index >= 15 is 0 Å². The van der Waals surface area contributed by atoms with Crippen LogP contribution in [-0.4, -0.2) is 19.5 Å². The lowest BCUT2D eigenvalue weighted by molar-refractivity contribution is 0.929. The van der Waals surface area contributed by atoms with Crippen molar-refractivity contribution in [1.29, 1.82) is 0 Å². The Bertz CT molecular complexity index is 391. The Labute approximate surface area is 62.9 Å². The molecule has 2 aromatic heterocycles. The fourth-order valence-electron chi connectivity index (χ4n) is 0.934. The minimum Gasteiger partial charge on any atom is -0.368 e. The summed E-state index contributed by atoms with van der Waals surface area (Å²) in [5, 5.41) is 0. The lowest BCUT2D eigenvalue weighted by Gasteiger charge is -1.92. The number of aromatic nitrogens is 4.